The summed E-state index contributed by atoms with van der Waals surface area (Å²) in [7, 11) is -2.46. The van der Waals surface area contributed by atoms with E-state index in [9.17, 15) is 13.2 Å². The molecule has 1 amide bonds. The van der Waals surface area contributed by atoms with Crippen LogP contribution in [0.1, 0.15) is 5.56 Å². The minimum atomic E-state index is -4.06. The van der Waals surface area contributed by atoms with Crippen LogP contribution in [0.3, 0.4) is 0 Å². The van der Waals surface area contributed by atoms with E-state index in [1.165, 1.54) is 24.3 Å². The Morgan fingerprint density at radius 1 is 1.00 bits per heavy atom. The highest BCUT2D eigenvalue weighted by atomic mass is 35.5. The maximum atomic E-state index is 13.3. The van der Waals surface area contributed by atoms with Crippen molar-refractivity contribution in [3.05, 3.63) is 88.4 Å². The number of carbonyl (C=O) groups excluding carboxylic acids is 1. The molecule has 0 heterocycles. The fraction of sp³-hybridized carbons (Fsp3) is 0.174. The Balaban J connectivity index is 1.77. The molecule has 3 aromatic carbocycles. The maximum Gasteiger partial charge on any atom is 0.264 e. The Morgan fingerprint density at radius 3 is 2.34 bits per heavy atom. The normalized spacial score (nSPS) is 11.1. The van der Waals surface area contributed by atoms with E-state index in [1.54, 1.807) is 31.4 Å². The predicted octanol–water partition coefficient (Wildman–Crippen LogP) is 4.56. The van der Waals surface area contributed by atoms with Crippen molar-refractivity contribution in [3.63, 3.8) is 0 Å². The van der Waals surface area contributed by atoms with Crippen molar-refractivity contribution in [2.45, 2.75) is 11.3 Å². The number of halogens is 2. The maximum absolute atomic E-state index is 13.3. The lowest BCUT2D eigenvalue weighted by molar-refractivity contribution is -0.119. The van der Waals surface area contributed by atoms with Crippen molar-refractivity contribution in [2.75, 3.05) is 24.5 Å². The van der Waals surface area contributed by atoms with Crippen LogP contribution in [0.2, 0.25) is 10.0 Å². The average Bonchev–Trinajstić information content (AvgIpc) is 2.80. The van der Waals surface area contributed by atoms with E-state index in [0.29, 0.717) is 18.0 Å². The molecule has 32 heavy (non-hydrogen) atoms. The molecular weight excluding hydrogens is 471 g/mol. The predicted molar refractivity (Wildman–Crippen MR) is 127 cm³/mol. The molecule has 3 rings (SSSR count). The largest absolute Gasteiger partial charge is 0.497 e. The molecule has 0 unspecified atom stereocenters. The number of methoxy groups -OCH3 is 1. The minimum Gasteiger partial charge on any atom is -0.497 e. The second kappa shape index (κ2) is 10.7. The van der Waals surface area contributed by atoms with Gasteiger partial charge in [-0.05, 0) is 54.4 Å². The second-order valence-corrected chi connectivity index (χ2v) is 9.57. The number of benzene rings is 3. The fourth-order valence-electron chi connectivity index (χ4n) is 3.02. The van der Waals surface area contributed by atoms with Gasteiger partial charge in [-0.3, -0.25) is 9.10 Å². The van der Waals surface area contributed by atoms with Gasteiger partial charge in [0.1, 0.15) is 12.3 Å². The molecule has 0 bridgehead atoms. The van der Waals surface area contributed by atoms with E-state index in [2.05, 4.69) is 5.32 Å². The molecule has 0 saturated heterocycles. The first-order valence-electron chi connectivity index (χ1n) is 9.74. The van der Waals surface area contributed by atoms with Gasteiger partial charge in [0.25, 0.3) is 10.0 Å². The summed E-state index contributed by atoms with van der Waals surface area (Å²) in [5.41, 5.74) is 1.14. The molecular formula is C23H22Cl2N2O4S. The third-order valence-corrected chi connectivity index (χ3v) is 7.02. The van der Waals surface area contributed by atoms with Crippen molar-refractivity contribution in [1.82, 2.24) is 5.32 Å². The van der Waals surface area contributed by atoms with Gasteiger partial charge in [0.2, 0.25) is 5.91 Å². The molecule has 0 aliphatic rings. The summed E-state index contributed by atoms with van der Waals surface area (Å²) in [6.07, 6.45) is 0.582. The number of nitrogens with zero attached hydrogens (tertiary/aromatic N) is 1. The number of anilines is 1. The average molecular weight is 493 g/mol. The Kier molecular flexibility index (Phi) is 8.01. The summed E-state index contributed by atoms with van der Waals surface area (Å²) in [5.74, 6) is 0.284. The van der Waals surface area contributed by atoms with Gasteiger partial charge in [-0.1, -0.05) is 53.5 Å². The molecule has 0 spiro atoms. The molecule has 0 aromatic heterocycles. The van der Waals surface area contributed by atoms with Gasteiger partial charge in [-0.25, -0.2) is 8.42 Å². The number of ether oxygens (including phenoxy) is 1. The lowest BCUT2D eigenvalue weighted by Crippen LogP contribution is -2.41. The van der Waals surface area contributed by atoms with E-state index >= 15 is 0 Å². The van der Waals surface area contributed by atoms with Crippen molar-refractivity contribution >= 4 is 44.8 Å². The Morgan fingerprint density at radius 2 is 1.69 bits per heavy atom. The van der Waals surface area contributed by atoms with Crippen LogP contribution in [-0.2, 0) is 21.2 Å². The quantitative estimate of drug-likeness (QED) is 0.475. The van der Waals surface area contributed by atoms with Crippen LogP contribution in [0.5, 0.6) is 5.75 Å². The molecule has 0 radical (unpaired) electrons. The molecule has 6 nitrogen and oxygen atoms in total. The van der Waals surface area contributed by atoms with Gasteiger partial charge in [0, 0.05) is 11.6 Å². The molecule has 1 N–H and O–H groups in total. The summed E-state index contributed by atoms with van der Waals surface area (Å²) < 4.78 is 32.7. The van der Waals surface area contributed by atoms with Crippen molar-refractivity contribution in [2.24, 2.45) is 0 Å². The van der Waals surface area contributed by atoms with Gasteiger partial charge in [0.15, 0.2) is 0 Å². The van der Waals surface area contributed by atoms with E-state index in [1.807, 2.05) is 24.3 Å². The zero-order chi connectivity index (χ0) is 23.1. The van der Waals surface area contributed by atoms with Crippen LogP contribution in [-0.4, -0.2) is 34.5 Å². The number of hydrogen-bond acceptors (Lipinski definition) is 4. The molecule has 0 aliphatic heterocycles. The molecule has 3 aromatic rings. The summed E-state index contributed by atoms with van der Waals surface area (Å²) in [5, 5.41) is 3.24. The summed E-state index contributed by atoms with van der Waals surface area (Å²) in [6.45, 7) is -0.104. The topological polar surface area (TPSA) is 75.7 Å². The first-order valence-corrected chi connectivity index (χ1v) is 11.9. The zero-order valence-corrected chi connectivity index (χ0v) is 19.6. The van der Waals surface area contributed by atoms with Gasteiger partial charge in [-0.2, -0.15) is 0 Å². The number of hydrogen-bond donors (Lipinski definition) is 1. The van der Waals surface area contributed by atoms with E-state index < -0.39 is 22.5 Å². The number of sulfonamides is 1. The third-order valence-electron chi connectivity index (χ3n) is 4.69. The third kappa shape index (κ3) is 5.94. The zero-order valence-electron chi connectivity index (χ0n) is 17.3. The number of rotatable bonds is 9. The van der Waals surface area contributed by atoms with E-state index in [0.717, 1.165) is 15.6 Å². The highest BCUT2D eigenvalue weighted by Gasteiger charge is 2.28. The van der Waals surface area contributed by atoms with Crippen LogP contribution < -0.4 is 14.4 Å². The number of amides is 1. The van der Waals surface area contributed by atoms with Crippen molar-refractivity contribution in [3.8, 4) is 5.75 Å². The van der Waals surface area contributed by atoms with Crippen LogP contribution in [0.15, 0.2) is 77.7 Å². The monoisotopic (exact) mass is 492 g/mol. The van der Waals surface area contributed by atoms with Crippen LogP contribution in [0, 0.1) is 0 Å². The summed E-state index contributed by atoms with van der Waals surface area (Å²) >= 11 is 12.3. The van der Waals surface area contributed by atoms with Crippen LogP contribution >= 0.6 is 23.2 Å². The number of carbonyl (C=O) groups is 1. The summed E-state index contributed by atoms with van der Waals surface area (Å²) in [4.78, 5) is 12.7. The van der Waals surface area contributed by atoms with Gasteiger partial charge >= 0.3 is 0 Å². The van der Waals surface area contributed by atoms with E-state index in [4.69, 9.17) is 27.9 Å². The highest BCUT2D eigenvalue weighted by Crippen LogP contribution is 2.32. The van der Waals surface area contributed by atoms with E-state index in [-0.39, 0.29) is 15.6 Å². The van der Waals surface area contributed by atoms with Crippen LogP contribution in [0.4, 0.5) is 5.69 Å². The highest BCUT2D eigenvalue weighted by molar-refractivity contribution is 7.92. The van der Waals surface area contributed by atoms with Gasteiger partial charge in [-0.15, -0.1) is 0 Å². The molecule has 168 valence electrons. The lowest BCUT2D eigenvalue weighted by atomic mass is 10.1. The molecule has 0 aliphatic carbocycles. The first kappa shape index (κ1) is 23.9. The first-order chi connectivity index (χ1) is 15.3. The van der Waals surface area contributed by atoms with Crippen LogP contribution in [0.25, 0.3) is 0 Å². The number of nitrogens with one attached hydrogen (secondary N) is 1. The molecule has 0 fully saturated rings. The SMILES string of the molecule is COc1ccc(CCNC(=O)CN(c2cc(Cl)ccc2Cl)S(=O)(=O)c2ccccc2)cc1. The summed E-state index contributed by atoms with van der Waals surface area (Å²) in [6, 6.07) is 19.8. The standard InChI is InChI=1S/C23H22Cl2N2O4S/c1-31-19-10-7-17(8-11-19)13-14-26-23(28)16-27(22-15-18(24)9-12-21(22)25)32(29,30)20-5-3-2-4-6-20/h2-12,15H,13-14,16H2,1H3,(H,26,28). The Hall–Kier alpha value is -2.74. The van der Waals surface area contributed by atoms with Crippen molar-refractivity contribution in [1.29, 1.82) is 0 Å². The van der Waals surface area contributed by atoms with Gasteiger partial charge < -0.3 is 10.1 Å². The Labute approximate surface area is 197 Å². The van der Waals surface area contributed by atoms with Crippen molar-refractivity contribution < 1.29 is 17.9 Å². The molecule has 9 heteroatoms. The smallest absolute Gasteiger partial charge is 0.264 e. The molecule has 0 saturated carbocycles. The lowest BCUT2D eigenvalue weighted by Gasteiger charge is -2.25. The second-order valence-electron chi connectivity index (χ2n) is 6.87. The Bertz CT molecular complexity index is 1170. The molecule has 0 atom stereocenters. The minimum absolute atomic E-state index is 0.0436. The van der Waals surface area contributed by atoms with Gasteiger partial charge in [0.05, 0.1) is 22.7 Å². The fourth-order valence-corrected chi connectivity index (χ4v) is 4.91.